The van der Waals surface area contributed by atoms with Crippen LogP contribution in [-0.4, -0.2) is 0 Å². The fourth-order valence-corrected chi connectivity index (χ4v) is 14.8. The van der Waals surface area contributed by atoms with Gasteiger partial charge in [-0.3, -0.25) is 0 Å². The zero-order valence-corrected chi connectivity index (χ0v) is 53.0. The van der Waals surface area contributed by atoms with Crippen molar-refractivity contribution < 1.29 is 0 Å². The summed E-state index contributed by atoms with van der Waals surface area (Å²) < 4.78 is 0. The Morgan fingerprint density at radius 3 is 0.698 bits per heavy atom. The molecule has 0 aliphatic heterocycles. The summed E-state index contributed by atoms with van der Waals surface area (Å²) in [7, 11) is 0. The minimum atomic E-state index is 1.22. The van der Waals surface area contributed by atoms with Gasteiger partial charge in [0.25, 0.3) is 0 Å². The molecule has 448 valence electrons. The molecular weight excluding hydrogens is 1150 g/mol. The van der Waals surface area contributed by atoms with Crippen LogP contribution in [0.3, 0.4) is 0 Å². The van der Waals surface area contributed by atoms with Gasteiger partial charge in [0, 0.05) is 0 Å². The highest BCUT2D eigenvalue weighted by molar-refractivity contribution is 6.23. The van der Waals surface area contributed by atoms with Gasteiger partial charge in [0.05, 0.1) is 0 Å². The second kappa shape index (κ2) is 25.2. The summed E-state index contributed by atoms with van der Waals surface area (Å²) in [6, 6.07) is 141. The molecule has 0 atom stereocenters. The molecule has 0 spiro atoms. The lowest BCUT2D eigenvalue weighted by Gasteiger charge is -2.18. The summed E-state index contributed by atoms with van der Waals surface area (Å²) in [6.45, 7) is 0. The van der Waals surface area contributed by atoms with E-state index < -0.39 is 0 Å². The van der Waals surface area contributed by atoms with E-state index in [1.807, 2.05) is 0 Å². The molecule has 18 aromatic rings. The van der Waals surface area contributed by atoms with Crippen LogP contribution in [-0.2, 0) is 0 Å². The van der Waals surface area contributed by atoms with Gasteiger partial charge in [-0.2, -0.15) is 0 Å². The van der Waals surface area contributed by atoms with E-state index in [2.05, 4.69) is 388 Å². The van der Waals surface area contributed by atoms with Crippen LogP contribution < -0.4 is 0 Å². The normalized spacial score (nSPS) is 11.3. The Morgan fingerprint density at radius 1 is 0.104 bits per heavy atom. The van der Waals surface area contributed by atoms with Gasteiger partial charge in [-0.05, 0) is 182 Å². The van der Waals surface area contributed by atoms with Crippen LogP contribution in [0.25, 0.3) is 176 Å². The van der Waals surface area contributed by atoms with Crippen LogP contribution in [0.4, 0.5) is 0 Å². The molecule has 96 heavy (non-hydrogen) atoms. The lowest BCUT2D eigenvalue weighted by molar-refractivity contribution is 1.58. The maximum Gasteiger partial charge on any atom is -0.00264 e. The van der Waals surface area contributed by atoms with Gasteiger partial charge in [-0.25, -0.2) is 0 Å². The molecule has 0 saturated heterocycles. The van der Waals surface area contributed by atoms with E-state index in [9.17, 15) is 0 Å². The van der Waals surface area contributed by atoms with Crippen molar-refractivity contribution in [1.29, 1.82) is 0 Å². The SMILES string of the molecule is c1ccc(-c2ccccc2-c2ccc(-c3c4ccccc4c(-c4ccc(-c5ccc6ccccc6c5)cc4)c4ccccc34)cc2)cc1.c1ccc(-c2ccccc2-c2ccc(-c3c4ccccc4c(-c4ccc(-c5cccc6ccccc56)cc4)c4ccccc34)cc2)cc1. The number of fused-ring (bicyclic) bond motifs is 6. The van der Waals surface area contributed by atoms with E-state index in [-0.39, 0.29) is 0 Å². The quantitative estimate of drug-likeness (QED) is 0.120. The zero-order valence-electron chi connectivity index (χ0n) is 53.0. The van der Waals surface area contributed by atoms with Crippen molar-refractivity contribution in [3.8, 4) is 111 Å². The van der Waals surface area contributed by atoms with E-state index >= 15 is 0 Å². The monoisotopic (exact) mass is 1220 g/mol. The molecule has 0 heteroatoms. The number of benzene rings is 18. The standard InChI is InChI=1S/2C48H32/c1-2-13-33(14-3-1)39-18-6-7-19-41(39)35-25-29-37(30-26-35)47-43-20-8-10-22-45(43)48(46-23-11-9-21-44(46)47)38-31-27-36(28-32-38)42-24-12-16-34-15-4-5-17-40(34)42;1-2-13-35(14-3-1)41-16-6-7-17-42(41)36-25-29-38(30-26-36)48-45-20-10-8-18-43(45)47(44-19-9-11-21-46(44)48)37-27-22-34(23-28-37)40-31-24-33-12-4-5-15-39(33)32-40/h2*1-32H. The molecule has 0 N–H and O–H groups in total. The predicted molar refractivity (Wildman–Crippen MR) is 412 cm³/mol. The molecule has 0 nitrogen and oxygen atoms in total. The smallest absolute Gasteiger partial charge is 0.00264 e. The summed E-state index contributed by atoms with van der Waals surface area (Å²) in [5.41, 5.74) is 24.9. The van der Waals surface area contributed by atoms with Gasteiger partial charge in [0.1, 0.15) is 0 Å². The molecule has 0 fully saturated rings. The summed E-state index contributed by atoms with van der Waals surface area (Å²) in [4.78, 5) is 0. The van der Waals surface area contributed by atoms with E-state index in [0.29, 0.717) is 0 Å². The Balaban J connectivity index is 0.000000145. The van der Waals surface area contributed by atoms with Crippen molar-refractivity contribution in [2.75, 3.05) is 0 Å². The lowest BCUT2D eigenvalue weighted by atomic mass is 9.85. The Morgan fingerprint density at radius 2 is 0.333 bits per heavy atom. The first-order valence-corrected chi connectivity index (χ1v) is 33.2. The predicted octanol–water partition coefficient (Wildman–Crippen LogP) is 27.0. The first-order chi connectivity index (χ1) is 47.6. The third-order valence-corrected chi connectivity index (χ3v) is 19.4. The van der Waals surface area contributed by atoms with Crippen LogP contribution in [0.1, 0.15) is 0 Å². The molecule has 0 aliphatic carbocycles. The van der Waals surface area contributed by atoms with Crippen LogP contribution in [0, 0.1) is 0 Å². The summed E-state index contributed by atoms with van der Waals surface area (Å²) in [6.07, 6.45) is 0. The van der Waals surface area contributed by atoms with Crippen molar-refractivity contribution in [3.05, 3.63) is 388 Å². The molecule has 18 rings (SSSR count). The van der Waals surface area contributed by atoms with Gasteiger partial charge in [0.15, 0.2) is 0 Å². The highest BCUT2D eigenvalue weighted by Gasteiger charge is 2.20. The topological polar surface area (TPSA) is 0 Å². The molecule has 18 aromatic carbocycles. The second-order valence-corrected chi connectivity index (χ2v) is 24.9. The average Bonchev–Trinajstić information content (AvgIpc) is 0.742. The number of rotatable bonds is 10. The average molecular weight is 1220 g/mol. The fraction of sp³-hybridized carbons (Fsp3) is 0. The van der Waals surface area contributed by atoms with Crippen molar-refractivity contribution in [2.45, 2.75) is 0 Å². The Hall–Kier alpha value is -12.5. The van der Waals surface area contributed by atoms with Gasteiger partial charge in [-0.1, -0.05) is 382 Å². The Labute approximate surface area is 560 Å². The third kappa shape index (κ3) is 10.7. The van der Waals surface area contributed by atoms with Crippen molar-refractivity contribution in [1.82, 2.24) is 0 Å². The van der Waals surface area contributed by atoms with E-state index in [4.69, 9.17) is 0 Å². The molecule has 0 amide bonds. The highest BCUT2D eigenvalue weighted by Crippen LogP contribution is 2.47. The largest absolute Gasteiger partial charge is 0.0622 e. The molecular formula is C96H64. The molecule has 0 saturated carbocycles. The molecule has 0 bridgehead atoms. The summed E-state index contributed by atoms with van der Waals surface area (Å²) in [5, 5.41) is 15.2. The molecule has 0 unspecified atom stereocenters. The summed E-state index contributed by atoms with van der Waals surface area (Å²) in [5.74, 6) is 0. The number of hydrogen-bond donors (Lipinski definition) is 0. The van der Waals surface area contributed by atoms with E-state index in [1.54, 1.807) is 0 Å². The van der Waals surface area contributed by atoms with Crippen molar-refractivity contribution in [3.63, 3.8) is 0 Å². The highest BCUT2D eigenvalue weighted by atomic mass is 14.2. The molecule has 0 radical (unpaired) electrons. The van der Waals surface area contributed by atoms with Crippen LogP contribution in [0.2, 0.25) is 0 Å². The van der Waals surface area contributed by atoms with Gasteiger partial charge in [0.2, 0.25) is 0 Å². The molecule has 0 aliphatic rings. The molecule has 0 aromatic heterocycles. The first-order valence-electron chi connectivity index (χ1n) is 33.2. The Kier molecular flexibility index (Phi) is 15.1. The maximum atomic E-state index is 2.30. The molecule has 0 heterocycles. The van der Waals surface area contributed by atoms with Crippen LogP contribution >= 0.6 is 0 Å². The van der Waals surface area contributed by atoms with Gasteiger partial charge >= 0.3 is 0 Å². The maximum absolute atomic E-state index is 2.30. The first kappa shape index (κ1) is 57.4. The lowest BCUT2D eigenvalue weighted by Crippen LogP contribution is -1.91. The van der Waals surface area contributed by atoms with E-state index in [0.717, 1.165) is 0 Å². The fourth-order valence-electron chi connectivity index (χ4n) is 14.8. The third-order valence-electron chi connectivity index (χ3n) is 19.4. The van der Waals surface area contributed by atoms with Crippen molar-refractivity contribution >= 4 is 64.6 Å². The Bertz CT molecular complexity index is 5760. The van der Waals surface area contributed by atoms with Crippen LogP contribution in [0.5, 0.6) is 0 Å². The summed E-state index contributed by atoms with van der Waals surface area (Å²) >= 11 is 0. The second-order valence-electron chi connectivity index (χ2n) is 24.9. The zero-order chi connectivity index (χ0) is 63.7. The van der Waals surface area contributed by atoms with Crippen molar-refractivity contribution in [2.24, 2.45) is 0 Å². The van der Waals surface area contributed by atoms with E-state index in [1.165, 1.54) is 176 Å². The minimum Gasteiger partial charge on any atom is -0.0622 e. The van der Waals surface area contributed by atoms with Crippen LogP contribution in [0.15, 0.2) is 388 Å². The minimum absolute atomic E-state index is 1.22. The number of hydrogen-bond acceptors (Lipinski definition) is 0. The van der Waals surface area contributed by atoms with Gasteiger partial charge in [-0.15, -0.1) is 0 Å². The van der Waals surface area contributed by atoms with Gasteiger partial charge < -0.3 is 0 Å².